The van der Waals surface area contributed by atoms with Gasteiger partial charge >= 0.3 is 6.01 Å². The predicted molar refractivity (Wildman–Crippen MR) is 91.9 cm³/mol. The lowest BCUT2D eigenvalue weighted by Crippen LogP contribution is -2.28. The fourth-order valence-electron chi connectivity index (χ4n) is 2.38. The molecule has 1 amide bonds. The first kappa shape index (κ1) is 16.9. The maximum Gasteiger partial charge on any atom is 0.317 e. The lowest BCUT2D eigenvalue weighted by Gasteiger charge is -2.15. The minimum absolute atomic E-state index is 0.0509. The molecule has 7 heteroatoms. The number of hydrogen-bond donors (Lipinski definition) is 1. The van der Waals surface area contributed by atoms with E-state index in [4.69, 9.17) is 9.47 Å². The monoisotopic (exact) mass is 391 g/mol. The van der Waals surface area contributed by atoms with Gasteiger partial charge < -0.3 is 14.8 Å². The van der Waals surface area contributed by atoms with E-state index in [-0.39, 0.29) is 29.8 Å². The minimum atomic E-state index is -0.264. The van der Waals surface area contributed by atoms with Crippen molar-refractivity contribution >= 4 is 21.8 Å². The Morgan fingerprint density at radius 1 is 1.38 bits per heavy atom. The Kier molecular flexibility index (Phi) is 5.42. The van der Waals surface area contributed by atoms with E-state index in [0.29, 0.717) is 13.2 Å². The van der Waals surface area contributed by atoms with Gasteiger partial charge in [-0.05, 0) is 30.7 Å². The van der Waals surface area contributed by atoms with Crippen molar-refractivity contribution in [2.45, 2.75) is 25.5 Å². The van der Waals surface area contributed by atoms with Gasteiger partial charge in [0, 0.05) is 17.1 Å². The van der Waals surface area contributed by atoms with Crippen molar-refractivity contribution in [1.82, 2.24) is 15.3 Å². The lowest BCUT2D eigenvalue weighted by molar-refractivity contribution is 0.0930. The van der Waals surface area contributed by atoms with Crippen LogP contribution in [0.15, 0.2) is 41.0 Å². The predicted octanol–water partition coefficient (Wildman–Crippen LogP) is 2.90. The van der Waals surface area contributed by atoms with E-state index in [1.54, 1.807) is 6.07 Å². The first-order valence-electron chi connectivity index (χ1n) is 7.75. The fraction of sp³-hybridized carbons (Fsp3) is 0.353. The molecule has 0 unspecified atom stereocenters. The van der Waals surface area contributed by atoms with E-state index >= 15 is 0 Å². The molecule has 1 fully saturated rings. The van der Waals surface area contributed by atoms with Gasteiger partial charge in [0.05, 0.1) is 19.3 Å². The van der Waals surface area contributed by atoms with Gasteiger partial charge in [-0.2, -0.15) is 4.98 Å². The molecule has 0 saturated carbocycles. The van der Waals surface area contributed by atoms with Crippen molar-refractivity contribution in [3.8, 4) is 6.01 Å². The van der Waals surface area contributed by atoms with E-state index in [0.717, 1.165) is 16.5 Å². The second kappa shape index (κ2) is 7.72. The summed E-state index contributed by atoms with van der Waals surface area (Å²) in [4.78, 5) is 20.6. The van der Waals surface area contributed by atoms with Crippen molar-refractivity contribution in [2.24, 2.45) is 0 Å². The number of halogens is 1. The summed E-state index contributed by atoms with van der Waals surface area (Å²) in [7, 11) is 0. The Labute approximate surface area is 148 Å². The van der Waals surface area contributed by atoms with Crippen LogP contribution < -0.4 is 10.1 Å². The number of benzene rings is 1. The van der Waals surface area contributed by atoms with Gasteiger partial charge in [0.2, 0.25) is 0 Å². The molecule has 2 aromatic rings. The molecule has 1 aromatic heterocycles. The Bertz CT molecular complexity index is 702. The summed E-state index contributed by atoms with van der Waals surface area (Å²) >= 11 is 3.40. The molecule has 0 bridgehead atoms. The van der Waals surface area contributed by atoms with Crippen LogP contribution in [0.2, 0.25) is 0 Å². The zero-order valence-electron chi connectivity index (χ0n) is 13.2. The summed E-state index contributed by atoms with van der Waals surface area (Å²) in [6.45, 7) is 3.13. The lowest BCUT2D eigenvalue weighted by atomic mass is 10.1. The van der Waals surface area contributed by atoms with Gasteiger partial charge in [-0.3, -0.25) is 4.79 Å². The third-order valence-corrected chi connectivity index (χ3v) is 4.27. The molecule has 1 aliphatic rings. The standard InChI is InChI=1S/C17H18BrN3O3/c1-11(12-2-4-13(18)5-3-12)20-16(22)15-6-8-19-17(21-15)24-14-7-9-23-10-14/h2-6,8,11,14H,7,9-10H2,1H3,(H,20,22)/t11-,14-/m1/s1. The largest absolute Gasteiger partial charge is 0.458 e. The average molecular weight is 392 g/mol. The minimum Gasteiger partial charge on any atom is -0.458 e. The summed E-state index contributed by atoms with van der Waals surface area (Å²) in [5, 5.41) is 2.93. The highest BCUT2D eigenvalue weighted by Gasteiger charge is 2.19. The van der Waals surface area contributed by atoms with Crippen LogP contribution in [-0.2, 0) is 4.74 Å². The Hall–Kier alpha value is -1.99. The second-order valence-corrected chi connectivity index (χ2v) is 6.49. The number of hydrogen-bond acceptors (Lipinski definition) is 5. The van der Waals surface area contributed by atoms with E-state index in [2.05, 4.69) is 31.2 Å². The van der Waals surface area contributed by atoms with Crippen LogP contribution >= 0.6 is 15.9 Å². The van der Waals surface area contributed by atoms with Crippen molar-refractivity contribution in [3.63, 3.8) is 0 Å². The maximum atomic E-state index is 12.4. The molecule has 3 rings (SSSR count). The van der Waals surface area contributed by atoms with Crippen LogP contribution in [-0.4, -0.2) is 35.2 Å². The Morgan fingerprint density at radius 2 is 2.17 bits per heavy atom. The zero-order valence-corrected chi connectivity index (χ0v) is 14.8. The Balaban J connectivity index is 1.64. The van der Waals surface area contributed by atoms with Crippen LogP contribution in [0.1, 0.15) is 35.4 Å². The van der Waals surface area contributed by atoms with Crippen molar-refractivity contribution in [1.29, 1.82) is 0 Å². The molecular formula is C17H18BrN3O3. The molecule has 2 atom stereocenters. The molecule has 1 N–H and O–H groups in total. The molecule has 0 radical (unpaired) electrons. The number of amides is 1. The smallest absolute Gasteiger partial charge is 0.317 e. The third kappa shape index (κ3) is 4.30. The normalized spacial score (nSPS) is 18.2. The van der Waals surface area contributed by atoms with E-state index in [9.17, 15) is 4.79 Å². The van der Waals surface area contributed by atoms with Gasteiger partial charge in [0.25, 0.3) is 5.91 Å². The highest BCUT2D eigenvalue weighted by molar-refractivity contribution is 9.10. The third-order valence-electron chi connectivity index (χ3n) is 3.74. The van der Waals surface area contributed by atoms with Gasteiger partial charge in [-0.25, -0.2) is 4.98 Å². The molecule has 1 saturated heterocycles. The first-order chi connectivity index (χ1) is 11.6. The van der Waals surface area contributed by atoms with Gasteiger partial charge in [0.1, 0.15) is 11.8 Å². The topological polar surface area (TPSA) is 73.3 Å². The van der Waals surface area contributed by atoms with Crippen LogP contribution in [0.3, 0.4) is 0 Å². The molecule has 1 aliphatic heterocycles. The van der Waals surface area contributed by atoms with Crippen molar-refractivity contribution < 1.29 is 14.3 Å². The van der Waals surface area contributed by atoms with Crippen LogP contribution in [0, 0.1) is 0 Å². The molecule has 24 heavy (non-hydrogen) atoms. The molecule has 0 aliphatic carbocycles. The number of nitrogens with one attached hydrogen (secondary N) is 1. The molecule has 0 spiro atoms. The van der Waals surface area contributed by atoms with Crippen LogP contribution in [0.4, 0.5) is 0 Å². The number of nitrogens with zero attached hydrogens (tertiary/aromatic N) is 2. The maximum absolute atomic E-state index is 12.4. The van der Waals surface area contributed by atoms with Gasteiger partial charge in [-0.15, -0.1) is 0 Å². The molecule has 6 nitrogen and oxygen atoms in total. The van der Waals surface area contributed by atoms with Gasteiger partial charge in [0.15, 0.2) is 0 Å². The number of aromatic nitrogens is 2. The summed E-state index contributed by atoms with van der Waals surface area (Å²) in [6, 6.07) is 9.45. The summed E-state index contributed by atoms with van der Waals surface area (Å²) in [6.07, 6.45) is 2.28. The molecule has 2 heterocycles. The molecular weight excluding hydrogens is 374 g/mol. The summed E-state index contributed by atoms with van der Waals surface area (Å²) < 4.78 is 11.9. The Morgan fingerprint density at radius 3 is 2.88 bits per heavy atom. The number of ether oxygens (including phenoxy) is 2. The zero-order chi connectivity index (χ0) is 16.9. The SMILES string of the molecule is C[C@@H](NC(=O)c1ccnc(O[C@@H]2CCOC2)n1)c1ccc(Br)cc1. The second-order valence-electron chi connectivity index (χ2n) is 5.57. The summed E-state index contributed by atoms with van der Waals surface area (Å²) in [5.74, 6) is -0.264. The van der Waals surface area contributed by atoms with Gasteiger partial charge in [-0.1, -0.05) is 28.1 Å². The van der Waals surface area contributed by atoms with Crippen LogP contribution in [0.5, 0.6) is 6.01 Å². The van der Waals surface area contributed by atoms with E-state index in [1.807, 2.05) is 31.2 Å². The van der Waals surface area contributed by atoms with Crippen LogP contribution in [0.25, 0.3) is 0 Å². The van der Waals surface area contributed by atoms with Crippen molar-refractivity contribution in [2.75, 3.05) is 13.2 Å². The number of rotatable bonds is 5. The van der Waals surface area contributed by atoms with E-state index in [1.165, 1.54) is 6.20 Å². The highest BCUT2D eigenvalue weighted by Crippen LogP contribution is 2.17. The van der Waals surface area contributed by atoms with E-state index < -0.39 is 0 Å². The fourth-order valence-corrected chi connectivity index (χ4v) is 2.65. The number of carbonyl (C=O) groups excluding carboxylic acids is 1. The van der Waals surface area contributed by atoms with Crippen molar-refractivity contribution in [3.05, 3.63) is 52.3 Å². The summed E-state index contributed by atoms with van der Waals surface area (Å²) in [5.41, 5.74) is 1.29. The number of carbonyl (C=O) groups is 1. The first-order valence-corrected chi connectivity index (χ1v) is 8.55. The molecule has 1 aromatic carbocycles. The quantitative estimate of drug-likeness (QED) is 0.847. The highest BCUT2D eigenvalue weighted by atomic mass is 79.9. The molecule has 126 valence electrons. The average Bonchev–Trinajstić information content (AvgIpc) is 3.08.